The van der Waals surface area contributed by atoms with Gasteiger partial charge < -0.3 is 0 Å². The Labute approximate surface area is 153 Å². The van der Waals surface area contributed by atoms with Gasteiger partial charge in [0.25, 0.3) is 0 Å². The van der Waals surface area contributed by atoms with Crippen LogP contribution in [0.1, 0.15) is 26.7 Å². The van der Waals surface area contributed by atoms with E-state index < -0.39 is 54.8 Å². The Morgan fingerprint density at radius 1 is 0.552 bits per heavy atom. The molecule has 0 radical (unpaired) electrons. The number of nitrogens with one attached hydrogen (secondary N) is 1. The topological polar surface area (TPSA) is 12.0 Å². The van der Waals surface area contributed by atoms with Gasteiger partial charge in [-0.1, -0.05) is 13.8 Å². The third-order valence-electron chi connectivity index (χ3n) is 3.63. The summed E-state index contributed by atoms with van der Waals surface area (Å²) in [6, 6.07) is -6.37. The first-order valence-electron chi connectivity index (χ1n) is 7.50. The summed E-state index contributed by atoms with van der Waals surface area (Å²) >= 11 is 0. The van der Waals surface area contributed by atoms with Gasteiger partial charge >= 0.3 is 41.8 Å². The van der Waals surface area contributed by atoms with Crippen molar-refractivity contribution in [3.8, 4) is 0 Å². The highest BCUT2D eigenvalue weighted by atomic mass is 19.4. The summed E-state index contributed by atoms with van der Waals surface area (Å²) in [7, 11) is 0. The number of hydrogen-bond donors (Lipinski definition) is 1. The van der Waals surface area contributed by atoms with Gasteiger partial charge in [0, 0.05) is 6.54 Å². The second-order valence-corrected chi connectivity index (χ2v) is 6.41. The predicted octanol–water partition coefficient (Wildman–Crippen LogP) is 6.34. The van der Waals surface area contributed by atoms with Crippen molar-refractivity contribution in [1.29, 1.82) is 0 Å². The average Bonchev–Trinajstić information content (AvgIpc) is 2.49. The molecule has 0 bridgehead atoms. The molecule has 0 fully saturated rings. The van der Waals surface area contributed by atoms with E-state index in [0.717, 1.165) is 0 Å². The maximum Gasteiger partial charge on any atom is 0.460 e. The highest BCUT2D eigenvalue weighted by Crippen LogP contribution is 2.61. The van der Waals surface area contributed by atoms with E-state index in [4.69, 9.17) is 0 Å². The summed E-state index contributed by atoms with van der Waals surface area (Å²) in [5.74, 6) is -40.1. The van der Waals surface area contributed by atoms with E-state index in [2.05, 4.69) is 0 Å². The Kier molecular flexibility index (Phi) is 7.57. The van der Waals surface area contributed by atoms with Gasteiger partial charge in [-0.3, -0.25) is 5.32 Å². The van der Waals surface area contributed by atoms with Crippen LogP contribution < -0.4 is 5.32 Å². The molecule has 0 aromatic rings. The van der Waals surface area contributed by atoms with Crippen molar-refractivity contribution < 1.29 is 65.9 Å². The molecule has 16 heteroatoms. The van der Waals surface area contributed by atoms with Crippen molar-refractivity contribution in [2.24, 2.45) is 5.92 Å². The van der Waals surface area contributed by atoms with Gasteiger partial charge in [-0.2, -0.15) is 65.9 Å². The van der Waals surface area contributed by atoms with Gasteiger partial charge in [-0.05, 0) is 18.8 Å². The van der Waals surface area contributed by atoms with Crippen molar-refractivity contribution >= 4 is 0 Å². The van der Waals surface area contributed by atoms with E-state index in [1.807, 2.05) is 0 Å². The fourth-order valence-electron chi connectivity index (χ4n) is 1.83. The number of hydrogen-bond acceptors (Lipinski definition) is 1. The molecular weight excluding hydrogens is 455 g/mol. The molecule has 0 aromatic heterocycles. The van der Waals surface area contributed by atoms with Crippen LogP contribution in [-0.4, -0.2) is 48.4 Å². The predicted molar refractivity (Wildman–Crippen MR) is 67.8 cm³/mol. The number of alkyl halides is 15. The van der Waals surface area contributed by atoms with Crippen molar-refractivity contribution in [3.63, 3.8) is 0 Å². The SMILES string of the molecule is CC(C)CCCNC(F)(F)C(F)(F)C(F)(F)C(F)(F)C(F)(F)C(F)(F)C(F)(F)F. The summed E-state index contributed by atoms with van der Waals surface area (Å²) in [6.45, 7) is 1.81. The minimum Gasteiger partial charge on any atom is -0.253 e. The maximum atomic E-state index is 13.4. The van der Waals surface area contributed by atoms with Crippen molar-refractivity contribution in [2.75, 3.05) is 6.54 Å². The van der Waals surface area contributed by atoms with Crippen LogP contribution in [0.25, 0.3) is 0 Å². The number of rotatable bonds is 10. The molecular formula is C13H14F15N. The zero-order valence-corrected chi connectivity index (χ0v) is 14.4. The van der Waals surface area contributed by atoms with E-state index in [1.165, 1.54) is 13.8 Å². The quantitative estimate of drug-likeness (QED) is 0.224. The normalized spacial score (nSPS) is 15.9. The lowest BCUT2D eigenvalue weighted by atomic mass is 9.93. The molecule has 0 amide bonds. The average molecular weight is 469 g/mol. The highest BCUT2D eigenvalue weighted by Gasteiger charge is 2.93. The minimum absolute atomic E-state index is 0.0388. The van der Waals surface area contributed by atoms with E-state index in [0.29, 0.717) is 5.32 Å². The molecule has 0 heterocycles. The molecule has 1 nitrogen and oxygen atoms in total. The molecule has 0 atom stereocenters. The first kappa shape index (κ1) is 27.9. The van der Waals surface area contributed by atoms with Crippen LogP contribution in [-0.2, 0) is 0 Å². The molecule has 0 spiro atoms. The van der Waals surface area contributed by atoms with E-state index in [9.17, 15) is 65.9 Å². The monoisotopic (exact) mass is 469 g/mol. The van der Waals surface area contributed by atoms with Gasteiger partial charge in [-0.25, -0.2) is 0 Å². The van der Waals surface area contributed by atoms with Crippen LogP contribution in [0.4, 0.5) is 65.9 Å². The Balaban J connectivity index is 6.03. The standard InChI is InChI=1S/C13H14F15N/c1-6(2)4-3-5-29-13(27,28)11(22,23)9(18,19)7(14,15)8(16,17)10(20,21)12(24,25)26/h6,29H,3-5H2,1-2H3. The van der Waals surface area contributed by atoms with Crippen LogP contribution in [0.3, 0.4) is 0 Å². The summed E-state index contributed by atoms with van der Waals surface area (Å²) in [4.78, 5) is 0. The van der Waals surface area contributed by atoms with Crippen LogP contribution in [0.2, 0.25) is 0 Å². The van der Waals surface area contributed by atoms with Crippen LogP contribution >= 0.6 is 0 Å². The zero-order valence-electron chi connectivity index (χ0n) is 14.4. The minimum atomic E-state index is -8.24. The van der Waals surface area contributed by atoms with Crippen molar-refractivity contribution in [1.82, 2.24) is 5.32 Å². The molecule has 0 saturated carbocycles. The Morgan fingerprint density at radius 3 is 1.24 bits per heavy atom. The number of halogens is 15. The van der Waals surface area contributed by atoms with E-state index in [-0.39, 0.29) is 12.3 Å². The second-order valence-electron chi connectivity index (χ2n) is 6.41. The van der Waals surface area contributed by atoms with Crippen LogP contribution in [0, 0.1) is 5.92 Å². The van der Waals surface area contributed by atoms with Gasteiger partial charge in [0.15, 0.2) is 0 Å². The highest BCUT2D eigenvalue weighted by molar-refractivity contribution is 5.12. The maximum absolute atomic E-state index is 13.4. The third-order valence-corrected chi connectivity index (χ3v) is 3.63. The van der Waals surface area contributed by atoms with E-state index >= 15 is 0 Å². The van der Waals surface area contributed by atoms with E-state index in [1.54, 1.807) is 0 Å². The van der Waals surface area contributed by atoms with Gasteiger partial charge in [-0.15, -0.1) is 0 Å². The first-order valence-corrected chi connectivity index (χ1v) is 7.50. The lowest BCUT2D eigenvalue weighted by Crippen LogP contribution is -2.74. The smallest absolute Gasteiger partial charge is 0.253 e. The summed E-state index contributed by atoms with van der Waals surface area (Å²) in [6.07, 6.45) is -7.96. The van der Waals surface area contributed by atoms with Crippen LogP contribution in [0.15, 0.2) is 0 Å². The Morgan fingerprint density at radius 2 is 0.897 bits per heavy atom. The largest absolute Gasteiger partial charge is 0.460 e. The van der Waals surface area contributed by atoms with Gasteiger partial charge in [0.1, 0.15) is 0 Å². The molecule has 0 aliphatic carbocycles. The molecule has 0 rings (SSSR count). The Hall–Kier alpha value is -1.09. The van der Waals surface area contributed by atoms with Crippen LogP contribution in [0.5, 0.6) is 0 Å². The molecule has 0 aliphatic heterocycles. The molecule has 176 valence electrons. The summed E-state index contributed by atoms with van der Waals surface area (Å²) in [5.41, 5.74) is 0. The molecule has 0 aliphatic rings. The molecule has 0 unspecified atom stereocenters. The lowest BCUT2D eigenvalue weighted by Gasteiger charge is -2.41. The second kappa shape index (κ2) is 7.87. The first-order chi connectivity index (χ1) is 12.4. The summed E-state index contributed by atoms with van der Waals surface area (Å²) < 4.78 is 193. The Bertz CT molecular complexity index is 549. The third kappa shape index (κ3) is 4.50. The van der Waals surface area contributed by atoms with Crippen molar-refractivity contribution in [2.45, 2.75) is 68.5 Å². The fraction of sp³-hybridized carbons (Fsp3) is 1.00. The van der Waals surface area contributed by atoms with Gasteiger partial charge in [0.05, 0.1) is 0 Å². The lowest BCUT2D eigenvalue weighted by molar-refractivity contribution is -0.454. The zero-order chi connectivity index (χ0) is 23.9. The molecule has 0 saturated heterocycles. The molecule has 0 aromatic carbocycles. The van der Waals surface area contributed by atoms with Crippen molar-refractivity contribution in [3.05, 3.63) is 0 Å². The molecule has 29 heavy (non-hydrogen) atoms. The molecule has 1 N–H and O–H groups in total. The fourth-order valence-corrected chi connectivity index (χ4v) is 1.83. The van der Waals surface area contributed by atoms with Gasteiger partial charge in [0.2, 0.25) is 0 Å². The summed E-state index contributed by atoms with van der Waals surface area (Å²) in [5, 5.41) is 0.402.